The molecule has 136 valence electrons. The Labute approximate surface area is 155 Å². The summed E-state index contributed by atoms with van der Waals surface area (Å²) in [6.45, 7) is 10.3. The predicted octanol–water partition coefficient (Wildman–Crippen LogP) is 5.08. The van der Waals surface area contributed by atoms with E-state index in [1.807, 2.05) is 36.4 Å². The quantitative estimate of drug-likeness (QED) is 0.821. The number of amides is 1. The second-order valence-electron chi connectivity index (χ2n) is 8.11. The zero-order valence-electron chi connectivity index (χ0n) is 15.7. The number of carbonyl (C=O) groups excluding carboxylic acids is 1. The lowest BCUT2D eigenvalue weighted by Gasteiger charge is -2.33. The summed E-state index contributed by atoms with van der Waals surface area (Å²) in [4.78, 5) is 12.4. The van der Waals surface area contributed by atoms with Crippen LogP contribution in [0.3, 0.4) is 0 Å². The van der Waals surface area contributed by atoms with E-state index in [1.165, 1.54) is 0 Å². The Bertz CT molecular complexity index is 832. The summed E-state index contributed by atoms with van der Waals surface area (Å²) in [5.41, 5.74) is 2.58. The summed E-state index contributed by atoms with van der Waals surface area (Å²) >= 11 is 0. The number of hydrogen-bond donors (Lipinski definition) is 1. The molecule has 2 aromatic rings. The molecular formula is C23H26FNO. The van der Waals surface area contributed by atoms with E-state index < -0.39 is 5.67 Å². The highest BCUT2D eigenvalue weighted by molar-refractivity contribution is 5.94. The molecule has 0 spiro atoms. The van der Waals surface area contributed by atoms with Gasteiger partial charge in [-0.15, -0.1) is 0 Å². The minimum atomic E-state index is -1.60. The number of aryl methyl sites for hydroxylation is 1. The van der Waals surface area contributed by atoms with Gasteiger partial charge >= 0.3 is 0 Å². The lowest BCUT2D eigenvalue weighted by atomic mass is 9.78. The number of halogens is 1. The first-order valence-electron chi connectivity index (χ1n) is 9.06. The lowest BCUT2D eigenvalue weighted by molar-refractivity contribution is 0.0924. The monoisotopic (exact) mass is 351 g/mol. The van der Waals surface area contributed by atoms with Crippen LogP contribution in [0.25, 0.3) is 5.57 Å². The van der Waals surface area contributed by atoms with E-state index in [0.29, 0.717) is 24.0 Å². The number of benzene rings is 2. The molecule has 0 heterocycles. The summed E-state index contributed by atoms with van der Waals surface area (Å²) in [5.74, 6) is -0.255. The summed E-state index contributed by atoms with van der Waals surface area (Å²) in [5, 5.41) is 2.75. The molecule has 1 unspecified atom stereocenters. The van der Waals surface area contributed by atoms with Crippen LogP contribution in [0, 0.1) is 0 Å². The zero-order chi connectivity index (χ0) is 18.9. The van der Waals surface area contributed by atoms with Crippen molar-refractivity contribution in [2.24, 2.45) is 0 Å². The third-order valence-electron chi connectivity index (χ3n) is 5.22. The Morgan fingerprint density at radius 2 is 1.81 bits per heavy atom. The molecule has 0 saturated heterocycles. The lowest BCUT2D eigenvalue weighted by Crippen LogP contribution is -2.42. The summed E-state index contributed by atoms with van der Waals surface area (Å²) in [7, 11) is 0. The molecule has 1 amide bonds. The SMILES string of the molecule is C=C1c2ccccc2CCC1(F)CNC(=O)c1ccc(C(C)(C)C)cc1. The van der Waals surface area contributed by atoms with Gasteiger partial charge in [-0.1, -0.05) is 63.7 Å². The van der Waals surface area contributed by atoms with Gasteiger partial charge in [0.05, 0.1) is 6.54 Å². The van der Waals surface area contributed by atoms with Gasteiger partial charge in [0.15, 0.2) is 5.67 Å². The van der Waals surface area contributed by atoms with Crippen LogP contribution in [0.4, 0.5) is 4.39 Å². The highest BCUT2D eigenvalue weighted by Crippen LogP contribution is 2.39. The molecule has 0 radical (unpaired) electrons. The highest BCUT2D eigenvalue weighted by Gasteiger charge is 2.38. The first kappa shape index (κ1) is 18.4. The molecule has 3 heteroatoms. The Morgan fingerprint density at radius 1 is 1.15 bits per heavy atom. The normalized spacial score (nSPS) is 19.8. The maximum absolute atomic E-state index is 15.4. The van der Waals surface area contributed by atoms with Gasteiger partial charge in [0.1, 0.15) is 0 Å². The zero-order valence-corrected chi connectivity index (χ0v) is 15.7. The van der Waals surface area contributed by atoms with Gasteiger partial charge in [0.25, 0.3) is 5.91 Å². The molecule has 0 aromatic heterocycles. The third kappa shape index (κ3) is 3.57. The maximum Gasteiger partial charge on any atom is 0.251 e. The van der Waals surface area contributed by atoms with Crippen molar-refractivity contribution in [2.75, 3.05) is 6.54 Å². The van der Waals surface area contributed by atoms with E-state index in [2.05, 4.69) is 32.7 Å². The van der Waals surface area contributed by atoms with E-state index in [4.69, 9.17) is 0 Å². The smallest absolute Gasteiger partial charge is 0.251 e. The van der Waals surface area contributed by atoms with Crippen LogP contribution in [-0.4, -0.2) is 18.1 Å². The maximum atomic E-state index is 15.4. The van der Waals surface area contributed by atoms with Gasteiger partial charge < -0.3 is 5.32 Å². The summed E-state index contributed by atoms with van der Waals surface area (Å²) < 4.78 is 15.4. The average Bonchev–Trinajstić information content (AvgIpc) is 2.63. The van der Waals surface area contributed by atoms with Crippen LogP contribution in [-0.2, 0) is 11.8 Å². The topological polar surface area (TPSA) is 29.1 Å². The first-order chi connectivity index (χ1) is 12.2. The summed E-state index contributed by atoms with van der Waals surface area (Å²) in [6.07, 6.45) is 0.994. The largest absolute Gasteiger partial charge is 0.348 e. The molecule has 1 aliphatic rings. The van der Waals surface area contributed by atoms with Crippen molar-refractivity contribution < 1.29 is 9.18 Å². The minimum Gasteiger partial charge on any atom is -0.348 e. The van der Waals surface area contributed by atoms with Crippen LogP contribution in [0.5, 0.6) is 0 Å². The molecule has 2 aromatic carbocycles. The fourth-order valence-electron chi connectivity index (χ4n) is 3.40. The van der Waals surface area contributed by atoms with Crippen LogP contribution in [0.2, 0.25) is 0 Å². The number of rotatable bonds is 3. The van der Waals surface area contributed by atoms with Crippen molar-refractivity contribution in [1.29, 1.82) is 0 Å². The van der Waals surface area contributed by atoms with E-state index >= 15 is 4.39 Å². The van der Waals surface area contributed by atoms with Crippen molar-refractivity contribution in [3.63, 3.8) is 0 Å². The number of hydrogen-bond acceptors (Lipinski definition) is 1. The Balaban J connectivity index is 1.69. The Kier molecular flexibility index (Phi) is 4.74. The minimum absolute atomic E-state index is 0.0330. The molecule has 26 heavy (non-hydrogen) atoms. The number of carbonyl (C=O) groups is 1. The number of nitrogens with one attached hydrogen (secondary N) is 1. The molecule has 3 rings (SSSR count). The fourth-order valence-corrected chi connectivity index (χ4v) is 3.40. The van der Waals surface area contributed by atoms with Crippen molar-refractivity contribution in [2.45, 2.75) is 44.7 Å². The molecule has 1 atom stereocenters. The molecular weight excluding hydrogens is 325 g/mol. The van der Waals surface area contributed by atoms with Gasteiger partial charge in [0, 0.05) is 5.56 Å². The second kappa shape index (κ2) is 6.71. The standard InChI is InChI=1S/C23H26FNO/c1-16-20-8-6-5-7-17(20)13-14-23(16,24)15-25-21(26)18-9-11-19(12-10-18)22(2,3)4/h5-12H,1,13-15H2,2-4H3,(H,25,26). The predicted molar refractivity (Wildman–Crippen MR) is 105 cm³/mol. The molecule has 0 fully saturated rings. The number of alkyl halides is 1. The van der Waals surface area contributed by atoms with E-state index in [1.54, 1.807) is 12.1 Å². The molecule has 2 nitrogen and oxygen atoms in total. The third-order valence-corrected chi connectivity index (χ3v) is 5.22. The molecule has 0 bridgehead atoms. The molecule has 0 saturated carbocycles. The average molecular weight is 351 g/mol. The van der Waals surface area contributed by atoms with Gasteiger partial charge in [-0.3, -0.25) is 4.79 Å². The Morgan fingerprint density at radius 3 is 2.46 bits per heavy atom. The first-order valence-corrected chi connectivity index (χ1v) is 9.06. The van der Waals surface area contributed by atoms with Crippen LogP contribution < -0.4 is 5.32 Å². The van der Waals surface area contributed by atoms with Crippen LogP contribution >= 0.6 is 0 Å². The van der Waals surface area contributed by atoms with Crippen molar-refractivity contribution in [1.82, 2.24) is 5.32 Å². The molecule has 1 aliphatic carbocycles. The fraction of sp³-hybridized carbons (Fsp3) is 0.348. The van der Waals surface area contributed by atoms with Crippen molar-refractivity contribution in [3.8, 4) is 0 Å². The van der Waals surface area contributed by atoms with Gasteiger partial charge in [-0.2, -0.15) is 0 Å². The second-order valence-corrected chi connectivity index (χ2v) is 8.11. The van der Waals surface area contributed by atoms with E-state index in [-0.39, 0.29) is 17.9 Å². The van der Waals surface area contributed by atoms with Crippen LogP contribution in [0.1, 0.15) is 54.2 Å². The van der Waals surface area contributed by atoms with Crippen LogP contribution in [0.15, 0.2) is 55.1 Å². The van der Waals surface area contributed by atoms with E-state index in [0.717, 1.165) is 16.7 Å². The van der Waals surface area contributed by atoms with Crippen molar-refractivity contribution in [3.05, 3.63) is 77.4 Å². The highest BCUT2D eigenvalue weighted by atomic mass is 19.1. The summed E-state index contributed by atoms with van der Waals surface area (Å²) in [6, 6.07) is 15.3. The number of fused-ring (bicyclic) bond motifs is 1. The van der Waals surface area contributed by atoms with Gasteiger partial charge in [0.2, 0.25) is 0 Å². The van der Waals surface area contributed by atoms with E-state index in [9.17, 15) is 4.79 Å². The Hall–Kier alpha value is -2.42. The van der Waals surface area contributed by atoms with Gasteiger partial charge in [-0.25, -0.2) is 4.39 Å². The molecule has 1 N–H and O–H groups in total. The van der Waals surface area contributed by atoms with Gasteiger partial charge in [-0.05, 0) is 52.7 Å². The molecule has 0 aliphatic heterocycles. The van der Waals surface area contributed by atoms with Crippen molar-refractivity contribution >= 4 is 11.5 Å².